The van der Waals surface area contributed by atoms with Crippen molar-refractivity contribution in [1.29, 1.82) is 0 Å². The third-order valence-electron chi connectivity index (χ3n) is 3.01. The molecule has 0 saturated carbocycles. The third kappa shape index (κ3) is 2.62. The summed E-state index contributed by atoms with van der Waals surface area (Å²) in [4.78, 5) is 4.32. The summed E-state index contributed by atoms with van der Waals surface area (Å²) in [7, 11) is 4.02. The zero-order valence-electron chi connectivity index (χ0n) is 11.3. The van der Waals surface area contributed by atoms with E-state index in [1.165, 1.54) is 0 Å². The van der Waals surface area contributed by atoms with Gasteiger partial charge in [-0.05, 0) is 53.5 Å². The highest BCUT2D eigenvalue weighted by atomic mass is 32.2. The molecule has 0 spiro atoms. The van der Waals surface area contributed by atoms with Crippen LogP contribution in [0.3, 0.4) is 0 Å². The summed E-state index contributed by atoms with van der Waals surface area (Å²) in [6, 6.07) is 8.03. The van der Waals surface area contributed by atoms with Crippen LogP contribution in [-0.2, 0) is 5.60 Å². The van der Waals surface area contributed by atoms with Gasteiger partial charge in [-0.1, -0.05) is 12.1 Å². The number of aliphatic hydroxyl groups is 1. The van der Waals surface area contributed by atoms with E-state index in [1.54, 1.807) is 11.8 Å². The Balaban J connectivity index is 2.38. The van der Waals surface area contributed by atoms with Crippen molar-refractivity contribution in [2.24, 2.45) is 0 Å². The molecule has 0 fully saturated rings. The number of rotatable bonds is 2. The number of hydrogen-bond acceptors (Lipinski definition) is 3. The van der Waals surface area contributed by atoms with Gasteiger partial charge in [0, 0.05) is 19.8 Å². The molecule has 0 aliphatic carbocycles. The Kier molecular flexibility index (Phi) is 3.55. The van der Waals surface area contributed by atoms with Gasteiger partial charge in [-0.2, -0.15) is 0 Å². The second kappa shape index (κ2) is 4.82. The molecule has 2 nitrogen and oxygen atoms in total. The van der Waals surface area contributed by atoms with E-state index in [0.29, 0.717) is 0 Å². The standard InChI is InChI=1S/C15H19NOS/c1-11-9-15(17,10-12(2)18-11)13-5-7-14(8-6-13)16(3)4/h5-10,17H,1-4H3. The van der Waals surface area contributed by atoms with Crippen molar-refractivity contribution in [3.63, 3.8) is 0 Å². The molecule has 0 atom stereocenters. The van der Waals surface area contributed by atoms with Gasteiger partial charge < -0.3 is 10.0 Å². The fourth-order valence-electron chi connectivity index (χ4n) is 2.17. The lowest BCUT2D eigenvalue weighted by atomic mass is 9.92. The summed E-state index contributed by atoms with van der Waals surface area (Å²) in [5, 5.41) is 10.7. The van der Waals surface area contributed by atoms with Gasteiger partial charge in [-0.3, -0.25) is 0 Å². The van der Waals surface area contributed by atoms with Gasteiger partial charge in [-0.15, -0.1) is 11.8 Å². The first-order chi connectivity index (χ1) is 8.40. The summed E-state index contributed by atoms with van der Waals surface area (Å²) >= 11 is 1.70. The number of nitrogens with zero attached hydrogens (tertiary/aromatic N) is 1. The third-order valence-corrected chi connectivity index (χ3v) is 3.89. The van der Waals surface area contributed by atoms with Crippen molar-refractivity contribution in [3.05, 3.63) is 51.8 Å². The van der Waals surface area contributed by atoms with E-state index in [-0.39, 0.29) is 0 Å². The first-order valence-corrected chi connectivity index (χ1v) is 6.79. The Labute approximate surface area is 113 Å². The van der Waals surface area contributed by atoms with Crippen molar-refractivity contribution in [2.45, 2.75) is 19.4 Å². The highest BCUT2D eigenvalue weighted by Crippen LogP contribution is 2.39. The zero-order valence-corrected chi connectivity index (χ0v) is 12.1. The molecule has 1 aliphatic rings. The zero-order chi connectivity index (χ0) is 13.3. The molecular formula is C15H19NOS. The summed E-state index contributed by atoms with van der Waals surface area (Å²) in [5.41, 5.74) is 1.07. The van der Waals surface area contributed by atoms with Crippen molar-refractivity contribution < 1.29 is 5.11 Å². The molecule has 0 aromatic heterocycles. The quantitative estimate of drug-likeness (QED) is 0.881. The lowest BCUT2D eigenvalue weighted by Gasteiger charge is -2.27. The Morgan fingerprint density at radius 1 is 1.00 bits per heavy atom. The number of benzene rings is 1. The average molecular weight is 261 g/mol. The molecule has 1 aromatic rings. The van der Waals surface area contributed by atoms with Crippen LogP contribution in [0, 0.1) is 0 Å². The Morgan fingerprint density at radius 2 is 1.50 bits per heavy atom. The molecule has 0 saturated heterocycles. The van der Waals surface area contributed by atoms with Crippen LogP contribution in [0.15, 0.2) is 46.2 Å². The molecule has 0 unspecified atom stereocenters. The van der Waals surface area contributed by atoms with Crippen molar-refractivity contribution in [2.75, 3.05) is 19.0 Å². The van der Waals surface area contributed by atoms with Gasteiger partial charge in [0.1, 0.15) is 5.60 Å². The van der Waals surface area contributed by atoms with Gasteiger partial charge in [0.15, 0.2) is 0 Å². The Morgan fingerprint density at radius 3 is 1.94 bits per heavy atom. The van der Waals surface area contributed by atoms with Gasteiger partial charge >= 0.3 is 0 Å². The largest absolute Gasteiger partial charge is 0.378 e. The van der Waals surface area contributed by atoms with Crippen LogP contribution in [0.25, 0.3) is 0 Å². The lowest BCUT2D eigenvalue weighted by Crippen LogP contribution is -2.22. The van der Waals surface area contributed by atoms with Crippen LogP contribution in [0.2, 0.25) is 0 Å². The first kappa shape index (κ1) is 13.2. The van der Waals surface area contributed by atoms with Crippen molar-refractivity contribution in [3.8, 4) is 0 Å². The molecule has 1 aromatic carbocycles. The van der Waals surface area contributed by atoms with Gasteiger partial charge in [0.25, 0.3) is 0 Å². The van der Waals surface area contributed by atoms with E-state index in [2.05, 4.69) is 0 Å². The molecule has 2 rings (SSSR count). The van der Waals surface area contributed by atoms with Crippen LogP contribution < -0.4 is 4.90 Å². The maximum atomic E-state index is 10.7. The number of anilines is 1. The van der Waals surface area contributed by atoms with E-state index < -0.39 is 5.60 Å². The maximum absolute atomic E-state index is 10.7. The number of thioether (sulfide) groups is 1. The van der Waals surface area contributed by atoms with E-state index >= 15 is 0 Å². The summed E-state index contributed by atoms with van der Waals surface area (Å²) in [6.07, 6.45) is 3.82. The van der Waals surface area contributed by atoms with Gasteiger partial charge in [-0.25, -0.2) is 0 Å². The molecule has 18 heavy (non-hydrogen) atoms. The molecule has 1 heterocycles. The maximum Gasteiger partial charge on any atom is 0.128 e. The topological polar surface area (TPSA) is 23.5 Å². The highest BCUT2D eigenvalue weighted by molar-refractivity contribution is 8.06. The first-order valence-electron chi connectivity index (χ1n) is 5.98. The van der Waals surface area contributed by atoms with Gasteiger partial charge in [0.05, 0.1) is 0 Å². The molecule has 0 amide bonds. The summed E-state index contributed by atoms with van der Waals surface area (Å²) in [5.74, 6) is 0. The second-order valence-electron chi connectivity index (χ2n) is 4.88. The minimum Gasteiger partial charge on any atom is -0.378 e. The van der Waals surface area contributed by atoms with E-state index in [4.69, 9.17) is 0 Å². The minimum absolute atomic E-state index is 0.909. The van der Waals surface area contributed by atoms with E-state index in [9.17, 15) is 5.11 Å². The molecule has 0 bridgehead atoms. The van der Waals surface area contributed by atoms with Crippen molar-refractivity contribution in [1.82, 2.24) is 0 Å². The molecule has 1 aliphatic heterocycles. The Bertz CT molecular complexity index is 482. The van der Waals surface area contributed by atoms with Gasteiger partial charge in [0.2, 0.25) is 0 Å². The number of hydrogen-bond donors (Lipinski definition) is 1. The predicted octanol–water partition coefficient (Wildman–Crippen LogP) is 3.49. The van der Waals surface area contributed by atoms with E-state index in [0.717, 1.165) is 21.1 Å². The lowest BCUT2D eigenvalue weighted by molar-refractivity contribution is 0.142. The molecular weight excluding hydrogens is 242 g/mol. The average Bonchev–Trinajstić information content (AvgIpc) is 2.27. The van der Waals surface area contributed by atoms with Crippen LogP contribution >= 0.6 is 11.8 Å². The molecule has 3 heteroatoms. The van der Waals surface area contributed by atoms with Crippen molar-refractivity contribution >= 4 is 17.4 Å². The number of allylic oxidation sites excluding steroid dienone is 2. The molecule has 96 valence electrons. The fraction of sp³-hybridized carbons (Fsp3) is 0.333. The van der Waals surface area contributed by atoms with Crippen LogP contribution in [0.5, 0.6) is 0 Å². The summed E-state index contributed by atoms with van der Waals surface area (Å²) in [6.45, 7) is 4.06. The van der Waals surface area contributed by atoms with Crippen LogP contribution in [0.4, 0.5) is 5.69 Å². The Hall–Kier alpha value is -1.19. The van der Waals surface area contributed by atoms with E-state index in [1.807, 2.05) is 69.3 Å². The molecule has 1 N–H and O–H groups in total. The van der Waals surface area contributed by atoms with Crippen LogP contribution in [-0.4, -0.2) is 19.2 Å². The summed E-state index contributed by atoms with van der Waals surface area (Å²) < 4.78 is 0. The van der Waals surface area contributed by atoms with Crippen LogP contribution in [0.1, 0.15) is 19.4 Å². The normalized spacial score (nSPS) is 18.1. The SMILES string of the molecule is CC1=CC(O)(c2ccc(N(C)C)cc2)C=C(C)S1. The predicted molar refractivity (Wildman–Crippen MR) is 79.8 cm³/mol. The minimum atomic E-state index is -0.968. The smallest absolute Gasteiger partial charge is 0.128 e. The monoisotopic (exact) mass is 261 g/mol. The highest BCUT2D eigenvalue weighted by Gasteiger charge is 2.27. The fourth-order valence-corrected chi connectivity index (χ4v) is 3.15. The second-order valence-corrected chi connectivity index (χ2v) is 6.37. The molecule has 0 radical (unpaired) electrons.